The van der Waals surface area contributed by atoms with Crippen molar-refractivity contribution < 1.29 is 27.5 Å². The van der Waals surface area contributed by atoms with Crippen LogP contribution in [0.5, 0.6) is 5.88 Å². The summed E-state index contributed by atoms with van der Waals surface area (Å²) < 4.78 is 41.2. The van der Waals surface area contributed by atoms with E-state index in [-0.39, 0.29) is 17.5 Å². The molecule has 0 spiro atoms. The van der Waals surface area contributed by atoms with Crippen LogP contribution in [0.4, 0.5) is 18.9 Å². The molecule has 6 nitrogen and oxygen atoms in total. The van der Waals surface area contributed by atoms with E-state index in [1.165, 1.54) is 49.4 Å². The summed E-state index contributed by atoms with van der Waals surface area (Å²) in [7, 11) is 0. The average Bonchev–Trinajstić information content (AvgIpc) is 2.81. The number of pyridine rings is 1. The highest BCUT2D eigenvalue weighted by molar-refractivity contribution is 8.00. The molecule has 1 saturated carbocycles. The zero-order chi connectivity index (χ0) is 23.7. The van der Waals surface area contributed by atoms with Gasteiger partial charge in [-0.3, -0.25) is 9.59 Å². The molecule has 0 saturated heterocycles. The van der Waals surface area contributed by atoms with Gasteiger partial charge in [0.1, 0.15) is 0 Å². The third kappa shape index (κ3) is 8.60. The van der Waals surface area contributed by atoms with Gasteiger partial charge in [0.2, 0.25) is 11.8 Å². The Morgan fingerprint density at radius 3 is 2.55 bits per heavy atom. The largest absolute Gasteiger partial charge is 0.468 e. The molecule has 33 heavy (non-hydrogen) atoms. The quantitative estimate of drug-likeness (QED) is 0.489. The van der Waals surface area contributed by atoms with Crippen molar-refractivity contribution in [1.82, 2.24) is 10.3 Å². The van der Waals surface area contributed by atoms with Crippen molar-refractivity contribution in [2.75, 3.05) is 24.2 Å². The van der Waals surface area contributed by atoms with E-state index in [1.807, 2.05) is 0 Å². The van der Waals surface area contributed by atoms with Crippen LogP contribution in [-0.4, -0.2) is 41.9 Å². The van der Waals surface area contributed by atoms with E-state index < -0.39 is 18.7 Å². The zero-order valence-electron chi connectivity index (χ0n) is 18.0. The Hall–Kier alpha value is -2.75. The summed E-state index contributed by atoms with van der Waals surface area (Å²) in [6.07, 6.45) is 2.78. The second-order valence-corrected chi connectivity index (χ2v) is 8.85. The second-order valence-electron chi connectivity index (χ2n) is 7.84. The van der Waals surface area contributed by atoms with E-state index in [2.05, 4.69) is 20.4 Å². The molecule has 0 aliphatic heterocycles. The monoisotopic (exact) mass is 481 g/mol. The first-order valence-electron chi connectivity index (χ1n) is 10.8. The van der Waals surface area contributed by atoms with Gasteiger partial charge in [-0.25, -0.2) is 4.98 Å². The Morgan fingerprint density at radius 1 is 1.09 bits per heavy atom. The lowest BCUT2D eigenvalue weighted by atomic mass is 9.89. The van der Waals surface area contributed by atoms with E-state index >= 15 is 0 Å². The van der Waals surface area contributed by atoms with E-state index in [0.717, 1.165) is 12.8 Å². The van der Waals surface area contributed by atoms with Crippen LogP contribution in [0.25, 0.3) is 0 Å². The molecule has 2 aromatic rings. The van der Waals surface area contributed by atoms with Gasteiger partial charge in [-0.2, -0.15) is 13.2 Å². The minimum Gasteiger partial charge on any atom is -0.468 e. The van der Waals surface area contributed by atoms with Gasteiger partial charge in [0.15, 0.2) is 6.61 Å². The third-order valence-electron chi connectivity index (χ3n) is 5.18. The molecule has 0 bridgehead atoms. The van der Waals surface area contributed by atoms with E-state index in [9.17, 15) is 22.8 Å². The number of rotatable bonds is 9. The van der Waals surface area contributed by atoms with Gasteiger partial charge in [0.25, 0.3) is 5.91 Å². The molecule has 3 rings (SSSR count). The zero-order valence-corrected chi connectivity index (χ0v) is 18.8. The summed E-state index contributed by atoms with van der Waals surface area (Å²) in [6.45, 7) is -0.748. The van der Waals surface area contributed by atoms with Gasteiger partial charge in [0, 0.05) is 17.5 Å². The highest BCUT2D eigenvalue weighted by atomic mass is 32.2. The van der Waals surface area contributed by atoms with Crippen LogP contribution in [-0.2, 0) is 4.79 Å². The maximum Gasteiger partial charge on any atom is 0.422 e. The molecule has 1 aromatic heterocycles. The number of hydrogen-bond acceptors (Lipinski definition) is 5. The van der Waals surface area contributed by atoms with Crippen LogP contribution in [0.1, 0.15) is 42.5 Å². The van der Waals surface area contributed by atoms with Gasteiger partial charge in [-0.05, 0) is 37.0 Å². The van der Waals surface area contributed by atoms with Crippen molar-refractivity contribution in [2.45, 2.75) is 43.2 Å². The normalized spacial score (nSPS) is 14.5. The number of aromatic nitrogens is 1. The van der Waals surface area contributed by atoms with Gasteiger partial charge in [-0.1, -0.05) is 31.4 Å². The number of nitrogens with one attached hydrogen (secondary N) is 2. The van der Waals surface area contributed by atoms with Gasteiger partial charge in [-0.15, -0.1) is 11.8 Å². The number of thioether (sulfide) groups is 1. The lowest BCUT2D eigenvalue weighted by Crippen LogP contribution is -2.31. The first-order chi connectivity index (χ1) is 15.8. The van der Waals surface area contributed by atoms with Crippen LogP contribution in [0, 0.1) is 5.92 Å². The summed E-state index contributed by atoms with van der Waals surface area (Å²) in [4.78, 5) is 29.4. The number of amides is 2. The molecule has 0 unspecified atom stereocenters. The fourth-order valence-corrected chi connectivity index (χ4v) is 4.40. The number of halogens is 3. The predicted octanol–water partition coefficient (Wildman–Crippen LogP) is 5.06. The summed E-state index contributed by atoms with van der Waals surface area (Å²) in [5.74, 6) is 0.0696. The van der Waals surface area contributed by atoms with Crippen LogP contribution in [0.15, 0.2) is 47.5 Å². The molecule has 1 heterocycles. The molecule has 1 aromatic carbocycles. The fraction of sp³-hybridized carbons (Fsp3) is 0.435. The molecule has 2 N–H and O–H groups in total. The number of hydrogen-bond donors (Lipinski definition) is 2. The smallest absolute Gasteiger partial charge is 0.422 e. The molecule has 2 amide bonds. The van der Waals surface area contributed by atoms with Crippen LogP contribution < -0.4 is 15.4 Å². The summed E-state index contributed by atoms with van der Waals surface area (Å²) in [6, 6.07) is 9.57. The molecule has 1 fully saturated rings. The topological polar surface area (TPSA) is 80.3 Å². The Balaban J connectivity index is 1.51. The SMILES string of the molecule is O=C(CSc1ccccc1C(=O)Nc1ccc(OCC(F)(F)F)nc1)NCC1CCCCC1. The summed E-state index contributed by atoms with van der Waals surface area (Å²) in [5.41, 5.74) is 0.698. The van der Waals surface area contributed by atoms with E-state index in [0.29, 0.717) is 28.6 Å². The Morgan fingerprint density at radius 2 is 1.85 bits per heavy atom. The molecule has 1 aliphatic carbocycles. The minimum absolute atomic E-state index is 0.0700. The number of nitrogens with zero attached hydrogens (tertiary/aromatic N) is 1. The Labute approximate surface area is 194 Å². The molecule has 178 valence electrons. The minimum atomic E-state index is -4.46. The standard InChI is InChI=1S/C23H26F3N3O3S/c24-23(25,26)15-32-21-11-10-17(13-28-21)29-22(31)18-8-4-5-9-19(18)33-14-20(30)27-12-16-6-2-1-3-7-16/h4-5,8-11,13,16H,1-3,6-7,12,14-15H2,(H,27,30)(H,29,31). The molecule has 0 atom stereocenters. The number of benzene rings is 1. The summed E-state index contributed by atoms with van der Waals surface area (Å²) >= 11 is 1.28. The lowest BCUT2D eigenvalue weighted by molar-refractivity contribution is -0.154. The number of alkyl halides is 3. The maximum atomic E-state index is 12.7. The van der Waals surface area contributed by atoms with Gasteiger partial charge < -0.3 is 15.4 Å². The van der Waals surface area contributed by atoms with Crippen LogP contribution in [0.3, 0.4) is 0 Å². The van der Waals surface area contributed by atoms with Crippen molar-refractivity contribution in [3.8, 4) is 5.88 Å². The Kier molecular flexibility index (Phi) is 8.99. The molecular formula is C23H26F3N3O3S. The number of ether oxygens (including phenoxy) is 1. The van der Waals surface area contributed by atoms with Gasteiger partial charge in [0.05, 0.1) is 23.2 Å². The van der Waals surface area contributed by atoms with Crippen molar-refractivity contribution in [1.29, 1.82) is 0 Å². The number of anilines is 1. The molecule has 1 aliphatic rings. The molecule has 0 radical (unpaired) electrons. The predicted molar refractivity (Wildman–Crippen MR) is 120 cm³/mol. The molecule has 10 heteroatoms. The molecular weight excluding hydrogens is 455 g/mol. The van der Waals surface area contributed by atoms with Crippen molar-refractivity contribution in [3.05, 3.63) is 48.2 Å². The average molecular weight is 482 g/mol. The van der Waals surface area contributed by atoms with Crippen LogP contribution in [0.2, 0.25) is 0 Å². The third-order valence-corrected chi connectivity index (χ3v) is 6.25. The highest BCUT2D eigenvalue weighted by Gasteiger charge is 2.28. The van der Waals surface area contributed by atoms with E-state index in [4.69, 9.17) is 0 Å². The first kappa shape index (κ1) is 24.9. The Bertz CT molecular complexity index is 933. The first-order valence-corrected chi connectivity index (χ1v) is 11.7. The fourth-order valence-electron chi connectivity index (χ4n) is 3.52. The highest BCUT2D eigenvalue weighted by Crippen LogP contribution is 2.25. The summed E-state index contributed by atoms with van der Waals surface area (Å²) in [5, 5.41) is 5.65. The second kappa shape index (κ2) is 11.9. The number of carbonyl (C=O) groups is 2. The van der Waals surface area contributed by atoms with Crippen molar-refractivity contribution >= 4 is 29.3 Å². The van der Waals surface area contributed by atoms with Crippen LogP contribution >= 0.6 is 11.8 Å². The maximum absolute atomic E-state index is 12.7. The van der Waals surface area contributed by atoms with E-state index in [1.54, 1.807) is 24.3 Å². The van der Waals surface area contributed by atoms with Gasteiger partial charge >= 0.3 is 6.18 Å². The lowest BCUT2D eigenvalue weighted by Gasteiger charge is -2.21. The van der Waals surface area contributed by atoms with Crippen molar-refractivity contribution in [2.24, 2.45) is 5.92 Å². The van der Waals surface area contributed by atoms with Crippen molar-refractivity contribution in [3.63, 3.8) is 0 Å². The number of carbonyl (C=O) groups excluding carboxylic acids is 2.